The van der Waals surface area contributed by atoms with Crippen molar-refractivity contribution >= 4 is 63.0 Å². The van der Waals surface area contributed by atoms with Gasteiger partial charge in [-0.05, 0) is 41.5 Å². The molecule has 0 aliphatic rings. The van der Waals surface area contributed by atoms with E-state index >= 15 is 0 Å². The van der Waals surface area contributed by atoms with Gasteiger partial charge in [-0.2, -0.15) is 0 Å². The van der Waals surface area contributed by atoms with Crippen molar-refractivity contribution in [1.82, 2.24) is 15.0 Å². The summed E-state index contributed by atoms with van der Waals surface area (Å²) in [6.45, 7) is 0. The minimum atomic E-state index is 0.674. The molecule has 9 aromatic rings. The fourth-order valence-electron chi connectivity index (χ4n) is 5.99. The molecule has 0 N–H and O–H groups in total. The van der Waals surface area contributed by atoms with Crippen LogP contribution in [-0.2, 0) is 0 Å². The van der Waals surface area contributed by atoms with Gasteiger partial charge in [0.05, 0.1) is 0 Å². The Balaban J connectivity index is 1.22. The highest BCUT2D eigenvalue weighted by Gasteiger charge is 2.17. The zero-order chi connectivity index (χ0) is 29.0. The van der Waals surface area contributed by atoms with E-state index in [1.807, 2.05) is 29.5 Å². The average molecular weight is 598 g/mol. The first-order valence-electron chi connectivity index (χ1n) is 14.5. The number of hydrogen-bond donors (Lipinski definition) is 0. The van der Waals surface area contributed by atoms with E-state index in [4.69, 9.17) is 15.0 Å². The summed E-state index contributed by atoms with van der Waals surface area (Å²) in [5, 5.41) is 5.01. The summed E-state index contributed by atoms with van der Waals surface area (Å²) in [4.78, 5) is 15.2. The van der Waals surface area contributed by atoms with Crippen LogP contribution in [0.25, 0.3) is 85.6 Å². The Kier molecular flexibility index (Phi) is 5.86. The van der Waals surface area contributed by atoms with Gasteiger partial charge in [-0.3, -0.25) is 0 Å². The molecule has 0 saturated carbocycles. The van der Waals surface area contributed by atoms with Crippen molar-refractivity contribution in [3.63, 3.8) is 0 Å². The maximum atomic E-state index is 5.12. The van der Waals surface area contributed by atoms with Crippen molar-refractivity contribution in [3.8, 4) is 45.3 Å². The molecule has 0 fully saturated rings. The largest absolute Gasteiger partial charge is 0.208 e. The van der Waals surface area contributed by atoms with Crippen LogP contribution in [0.3, 0.4) is 0 Å². The summed E-state index contributed by atoms with van der Waals surface area (Å²) in [6.07, 6.45) is 0. The molecule has 0 aliphatic carbocycles. The van der Waals surface area contributed by atoms with E-state index in [2.05, 4.69) is 121 Å². The molecule has 3 heterocycles. The van der Waals surface area contributed by atoms with Gasteiger partial charge >= 0.3 is 0 Å². The van der Waals surface area contributed by atoms with E-state index in [9.17, 15) is 0 Å². The minimum Gasteiger partial charge on any atom is -0.208 e. The zero-order valence-electron chi connectivity index (χ0n) is 23.4. The first kappa shape index (κ1) is 25.3. The molecule has 0 amide bonds. The summed E-state index contributed by atoms with van der Waals surface area (Å²) in [5.41, 5.74) is 5.44. The summed E-state index contributed by atoms with van der Waals surface area (Å²) in [6, 6.07) is 49.1. The third-order valence-electron chi connectivity index (χ3n) is 8.15. The molecule has 206 valence electrons. The number of nitrogens with zero attached hydrogens (tertiary/aromatic N) is 3. The number of benzene rings is 6. The lowest BCUT2D eigenvalue weighted by molar-refractivity contribution is 1.08. The maximum absolute atomic E-state index is 5.12. The number of fused-ring (bicyclic) bond motifs is 6. The summed E-state index contributed by atoms with van der Waals surface area (Å²) >= 11 is 3.60. The van der Waals surface area contributed by atoms with E-state index in [1.54, 1.807) is 11.3 Å². The Hall–Kier alpha value is -5.23. The molecular formula is C39H23N3S2. The summed E-state index contributed by atoms with van der Waals surface area (Å²) < 4.78 is 4.95. The van der Waals surface area contributed by atoms with E-state index in [-0.39, 0.29) is 0 Å². The van der Waals surface area contributed by atoms with Crippen LogP contribution >= 0.6 is 22.7 Å². The fourth-order valence-corrected chi connectivity index (χ4v) is 8.33. The molecule has 0 saturated heterocycles. The van der Waals surface area contributed by atoms with Gasteiger partial charge in [0.25, 0.3) is 0 Å². The van der Waals surface area contributed by atoms with Crippen LogP contribution in [0, 0.1) is 0 Å². The highest BCUT2D eigenvalue weighted by atomic mass is 32.1. The Morgan fingerprint density at radius 3 is 1.82 bits per heavy atom. The average Bonchev–Trinajstić information content (AvgIpc) is 3.66. The highest BCUT2D eigenvalue weighted by molar-refractivity contribution is 7.26. The Morgan fingerprint density at radius 1 is 0.341 bits per heavy atom. The third kappa shape index (κ3) is 4.21. The second kappa shape index (κ2) is 10.2. The fraction of sp³-hybridized carbons (Fsp3) is 0. The second-order valence-electron chi connectivity index (χ2n) is 10.8. The van der Waals surface area contributed by atoms with E-state index in [0.29, 0.717) is 17.5 Å². The van der Waals surface area contributed by atoms with Crippen molar-refractivity contribution in [1.29, 1.82) is 0 Å². The van der Waals surface area contributed by atoms with Crippen LogP contribution in [0.5, 0.6) is 0 Å². The molecule has 0 atom stereocenters. The van der Waals surface area contributed by atoms with Gasteiger partial charge in [0.15, 0.2) is 17.5 Å². The lowest BCUT2D eigenvalue weighted by Gasteiger charge is -2.09. The topological polar surface area (TPSA) is 38.7 Å². The monoisotopic (exact) mass is 597 g/mol. The molecule has 0 aliphatic heterocycles. The van der Waals surface area contributed by atoms with Crippen molar-refractivity contribution in [3.05, 3.63) is 140 Å². The predicted molar refractivity (Wildman–Crippen MR) is 187 cm³/mol. The van der Waals surface area contributed by atoms with Crippen molar-refractivity contribution in [2.45, 2.75) is 0 Å². The van der Waals surface area contributed by atoms with Crippen LogP contribution in [-0.4, -0.2) is 15.0 Å². The van der Waals surface area contributed by atoms with Gasteiger partial charge in [-0.1, -0.05) is 109 Å². The molecule has 44 heavy (non-hydrogen) atoms. The van der Waals surface area contributed by atoms with Crippen molar-refractivity contribution in [2.24, 2.45) is 0 Å². The second-order valence-corrected chi connectivity index (χ2v) is 13.0. The SMILES string of the molecule is c1ccc(-c2ccc3sc4cc(-c5nc(-c6ccccc6)nc(-c6cccc7c6sc6ccccc67)n5)ccc4c3c2)cc1. The van der Waals surface area contributed by atoms with Gasteiger partial charge in [0.2, 0.25) is 0 Å². The van der Waals surface area contributed by atoms with Gasteiger partial charge in [0.1, 0.15) is 0 Å². The van der Waals surface area contributed by atoms with Gasteiger partial charge in [0, 0.05) is 57.0 Å². The quantitative estimate of drug-likeness (QED) is 0.203. The zero-order valence-corrected chi connectivity index (χ0v) is 25.1. The molecule has 3 aromatic heterocycles. The summed E-state index contributed by atoms with van der Waals surface area (Å²) in [5.74, 6) is 2.04. The number of aromatic nitrogens is 3. The van der Waals surface area contributed by atoms with Crippen molar-refractivity contribution < 1.29 is 0 Å². The van der Waals surface area contributed by atoms with Gasteiger partial charge < -0.3 is 0 Å². The standard InChI is InChI=1S/C39H23N3S2/c1-3-10-24(11-4-1)26-19-21-34-32(22-26)29-20-18-27(23-35(29)43-34)38-40-37(25-12-5-2-6-13-25)41-39(42-38)31-16-9-15-30-28-14-7-8-17-33(28)44-36(30)31/h1-23H. The third-order valence-corrected chi connectivity index (χ3v) is 10.5. The lowest BCUT2D eigenvalue weighted by Crippen LogP contribution is -2.00. The number of rotatable bonds is 4. The Morgan fingerprint density at radius 2 is 0.977 bits per heavy atom. The van der Waals surface area contributed by atoms with Crippen LogP contribution in [0.4, 0.5) is 0 Å². The molecule has 6 aromatic carbocycles. The van der Waals surface area contributed by atoms with Crippen LogP contribution in [0.2, 0.25) is 0 Å². The Labute approximate surface area is 261 Å². The highest BCUT2D eigenvalue weighted by Crippen LogP contribution is 2.41. The van der Waals surface area contributed by atoms with Gasteiger partial charge in [-0.15, -0.1) is 22.7 Å². The van der Waals surface area contributed by atoms with E-state index in [0.717, 1.165) is 16.7 Å². The molecule has 3 nitrogen and oxygen atoms in total. The molecule has 0 unspecified atom stereocenters. The van der Waals surface area contributed by atoms with Crippen LogP contribution in [0.15, 0.2) is 140 Å². The predicted octanol–water partition coefficient (Wildman–Crippen LogP) is 11.3. The number of thiophene rings is 2. The summed E-state index contributed by atoms with van der Waals surface area (Å²) in [7, 11) is 0. The first-order chi connectivity index (χ1) is 21.8. The Bertz CT molecular complexity index is 2500. The smallest absolute Gasteiger partial charge is 0.165 e. The first-order valence-corrected chi connectivity index (χ1v) is 16.2. The minimum absolute atomic E-state index is 0.674. The number of hydrogen-bond acceptors (Lipinski definition) is 5. The molecule has 0 radical (unpaired) electrons. The normalized spacial score (nSPS) is 11.6. The lowest BCUT2D eigenvalue weighted by atomic mass is 10.0. The van der Waals surface area contributed by atoms with E-state index < -0.39 is 0 Å². The molecular weight excluding hydrogens is 575 g/mol. The van der Waals surface area contributed by atoms with Crippen molar-refractivity contribution in [2.75, 3.05) is 0 Å². The molecule has 0 spiro atoms. The molecule has 9 rings (SSSR count). The van der Waals surface area contributed by atoms with Crippen LogP contribution < -0.4 is 0 Å². The van der Waals surface area contributed by atoms with Gasteiger partial charge in [-0.25, -0.2) is 15.0 Å². The molecule has 0 bridgehead atoms. The molecule has 5 heteroatoms. The maximum Gasteiger partial charge on any atom is 0.165 e. The van der Waals surface area contributed by atoms with Crippen LogP contribution in [0.1, 0.15) is 0 Å². The van der Waals surface area contributed by atoms with E-state index in [1.165, 1.54) is 51.5 Å².